The monoisotopic (exact) mass is 253 g/mol. The molecule has 1 aliphatic rings. The summed E-state index contributed by atoms with van der Waals surface area (Å²) in [4.78, 5) is 6.46. The summed E-state index contributed by atoms with van der Waals surface area (Å²) in [6.07, 6.45) is 0. The molecule has 1 aliphatic heterocycles. The Bertz CT molecular complexity index is 430. The van der Waals surface area contributed by atoms with Gasteiger partial charge in [-0.1, -0.05) is 18.5 Å². The zero-order chi connectivity index (χ0) is 11.5. The number of pyridine rings is 1. The first-order valence-electron chi connectivity index (χ1n) is 5.13. The maximum atomic E-state index is 8.88. The third-order valence-corrected chi connectivity index (χ3v) is 3.80. The van der Waals surface area contributed by atoms with Gasteiger partial charge < -0.3 is 4.90 Å². The third kappa shape index (κ3) is 2.60. The molecule has 2 heterocycles. The van der Waals surface area contributed by atoms with Gasteiger partial charge in [-0.25, -0.2) is 4.98 Å². The molecular weight excluding hydrogens is 242 g/mol. The molecule has 0 amide bonds. The summed E-state index contributed by atoms with van der Waals surface area (Å²) < 4.78 is 0. The first kappa shape index (κ1) is 11.6. The Morgan fingerprint density at radius 1 is 1.62 bits per heavy atom. The van der Waals surface area contributed by atoms with E-state index in [2.05, 4.69) is 22.9 Å². The quantitative estimate of drug-likeness (QED) is 0.722. The van der Waals surface area contributed by atoms with E-state index in [0.29, 0.717) is 16.0 Å². The van der Waals surface area contributed by atoms with E-state index in [1.54, 1.807) is 12.1 Å². The van der Waals surface area contributed by atoms with Crippen LogP contribution in [0, 0.1) is 11.3 Å². The van der Waals surface area contributed by atoms with Crippen molar-refractivity contribution in [2.75, 3.05) is 23.7 Å². The highest BCUT2D eigenvalue weighted by atomic mass is 35.5. The van der Waals surface area contributed by atoms with Crippen LogP contribution in [-0.4, -0.2) is 29.1 Å². The zero-order valence-corrected chi connectivity index (χ0v) is 10.6. The van der Waals surface area contributed by atoms with E-state index in [4.69, 9.17) is 16.9 Å². The highest BCUT2D eigenvalue weighted by Crippen LogP contribution is 2.24. The van der Waals surface area contributed by atoms with Crippen molar-refractivity contribution in [2.24, 2.45) is 0 Å². The summed E-state index contributed by atoms with van der Waals surface area (Å²) in [5, 5.41) is 9.86. The fourth-order valence-electron chi connectivity index (χ4n) is 1.74. The summed E-state index contributed by atoms with van der Waals surface area (Å²) in [5.74, 6) is 1.91. The van der Waals surface area contributed by atoms with Crippen LogP contribution in [0.5, 0.6) is 0 Å². The van der Waals surface area contributed by atoms with E-state index >= 15 is 0 Å². The fourth-order valence-corrected chi connectivity index (χ4v) is 2.95. The van der Waals surface area contributed by atoms with Gasteiger partial charge in [0, 0.05) is 24.1 Å². The predicted molar refractivity (Wildman–Crippen MR) is 68.1 cm³/mol. The minimum atomic E-state index is 0.389. The van der Waals surface area contributed by atoms with Crippen molar-refractivity contribution in [2.45, 2.75) is 12.2 Å². The third-order valence-electron chi connectivity index (χ3n) is 2.47. The summed E-state index contributed by atoms with van der Waals surface area (Å²) in [5.41, 5.74) is 0.570. The zero-order valence-electron chi connectivity index (χ0n) is 8.98. The van der Waals surface area contributed by atoms with Crippen LogP contribution in [0.15, 0.2) is 12.1 Å². The molecule has 0 spiro atoms. The van der Waals surface area contributed by atoms with Crippen molar-refractivity contribution in [1.82, 2.24) is 4.98 Å². The standard InChI is InChI=1S/C11H12ClN3S/c1-8-7-15(2-3-16-8)11-5-9(6-13)4-10(12)14-11/h4-5,8H,2-3,7H2,1H3. The molecule has 1 aromatic heterocycles. The molecule has 1 saturated heterocycles. The lowest BCUT2D eigenvalue weighted by atomic mass is 10.2. The molecule has 0 saturated carbocycles. The Kier molecular flexibility index (Phi) is 3.57. The lowest BCUT2D eigenvalue weighted by Crippen LogP contribution is -2.37. The molecule has 0 N–H and O–H groups in total. The van der Waals surface area contributed by atoms with E-state index in [1.165, 1.54) is 0 Å². The van der Waals surface area contributed by atoms with E-state index in [9.17, 15) is 0 Å². The number of aromatic nitrogens is 1. The van der Waals surface area contributed by atoms with Crippen molar-refractivity contribution in [1.29, 1.82) is 5.26 Å². The molecule has 0 bridgehead atoms. The van der Waals surface area contributed by atoms with Gasteiger partial charge >= 0.3 is 0 Å². The van der Waals surface area contributed by atoms with Gasteiger partial charge in [0.25, 0.3) is 0 Å². The molecule has 0 radical (unpaired) electrons. The molecule has 3 nitrogen and oxygen atoms in total. The van der Waals surface area contributed by atoms with Crippen LogP contribution in [-0.2, 0) is 0 Å². The average Bonchev–Trinajstić information content (AvgIpc) is 2.28. The SMILES string of the molecule is CC1CN(c2cc(C#N)cc(Cl)n2)CCS1. The first-order valence-corrected chi connectivity index (χ1v) is 6.56. The van der Waals surface area contributed by atoms with Gasteiger partial charge in [0.2, 0.25) is 0 Å². The van der Waals surface area contributed by atoms with E-state index in [-0.39, 0.29) is 0 Å². The highest BCUT2D eigenvalue weighted by molar-refractivity contribution is 8.00. The predicted octanol–water partition coefficient (Wildman–Crippen LogP) is 2.55. The van der Waals surface area contributed by atoms with Gasteiger partial charge in [-0.3, -0.25) is 0 Å². The molecule has 0 aliphatic carbocycles. The number of thioether (sulfide) groups is 1. The number of hydrogen-bond donors (Lipinski definition) is 0. The number of halogens is 1. The van der Waals surface area contributed by atoms with E-state index < -0.39 is 0 Å². The molecular formula is C11H12ClN3S. The minimum absolute atomic E-state index is 0.389. The van der Waals surface area contributed by atoms with Crippen LogP contribution < -0.4 is 4.90 Å². The Labute approximate surface area is 104 Å². The van der Waals surface area contributed by atoms with Crippen LogP contribution in [0.4, 0.5) is 5.82 Å². The van der Waals surface area contributed by atoms with Crippen LogP contribution in [0.1, 0.15) is 12.5 Å². The fraction of sp³-hybridized carbons (Fsp3) is 0.455. The largest absolute Gasteiger partial charge is 0.355 e. The highest BCUT2D eigenvalue weighted by Gasteiger charge is 2.18. The Morgan fingerprint density at radius 2 is 2.44 bits per heavy atom. The normalized spacial score (nSPS) is 20.6. The Morgan fingerprint density at radius 3 is 3.12 bits per heavy atom. The van der Waals surface area contributed by atoms with Crippen molar-refractivity contribution in [3.63, 3.8) is 0 Å². The summed E-state index contributed by atoms with van der Waals surface area (Å²) in [7, 11) is 0. The number of anilines is 1. The van der Waals surface area contributed by atoms with Crippen LogP contribution in [0.25, 0.3) is 0 Å². The number of nitrogens with zero attached hydrogens (tertiary/aromatic N) is 3. The number of rotatable bonds is 1. The van der Waals surface area contributed by atoms with Gasteiger partial charge in [-0.05, 0) is 12.1 Å². The van der Waals surface area contributed by atoms with Crippen molar-refractivity contribution in [3.8, 4) is 6.07 Å². The second kappa shape index (κ2) is 4.94. The smallest absolute Gasteiger partial charge is 0.132 e. The van der Waals surface area contributed by atoms with Crippen molar-refractivity contribution in [3.05, 3.63) is 22.8 Å². The van der Waals surface area contributed by atoms with Crippen LogP contribution in [0.3, 0.4) is 0 Å². The maximum absolute atomic E-state index is 8.88. The molecule has 1 aromatic rings. The van der Waals surface area contributed by atoms with Gasteiger partial charge in [0.15, 0.2) is 0 Å². The molecule has 1 atom stereocenters. The Hall–Kier alpha value is -0.920. The summed E-state index contributed by atoms with van der Waals surface area (Å²) in [6.45, 7) is 4.13. The topological polar surface area (TPSA) is 39.9 Å². The summed E-state index contributed by atoms with van der Waals surface area (Å²) >= 11 is 7.85. The molecule has 1 unspecified atom stereocenters. The molecule has 16 heavy (non-hydrogen) atoms. The van der Waals surface area contributed by atoms with Crippen LogP contribution in [0.2, 0.25) is 5.15 Å². The van der Waals surface area contributed by atoms with Crippen molar-refractivity contribution < 1.29 is 0 Å². The molecule has 1 fully saturated rings. The summed E-state index contributed by atoms with van der Waals surface area (Å²) in [6, 6.07) is 5.49. The van der Waals surface area contributed by atoms with Gasteiger partial charge in [-0.15, -0.1) is 0 Å². The van der Waals surface area contributed by atoms with Gasteiger partial charge in [-0.2, -0.15) is 17.0 Å². The lowest BCUT2D eigenvalue weighted by Gasteiger charge is -2.31. The molecule has 84 valence electrons. The van der Waals surface area contributed by atoms with Crippen LogP contribution >= 0.6 is 23.4 Å². The number of hydrogen-bond acceptors (Lipinski definition) is 4. The average molecular weight is 254 g/mol. The van der Waals surface area contributed by atoms with Gasteiger partial charge in [0.05, 0.1) is 11.6 Å². The maximum Gasteiger partial charge on any atom is 0.132 e. The van der Waals surface area contributed by atoms with E-state index in [0.717, 1.165) is 24.7 Å². The number of nitriles is 1. The molecule has 5 heteroatoms. The van der Waals surface area contributed by atoms with E-state index in [1.807, 2.05) is 11.8 Å². The van der Waals surface area contributed by atoms with Gasteiger partial charge in [0.1, 0.15) is 11.0 Å². The Balaban J connectivity index is 2.26. The first-order chi connectivity index (χ1) is 7.69. The minimum Gasteiger partial charge on any atom is -0.355 e. The second-order valence-corrected chi connectivity index (χ2v) is 5.71. The van der Waals surface area contributed by atoms with Crippen molar-refractivity contribution >= 4 is 29.2 Å². The second-order valence-electron chi connectivity index (χ2n) is 3.78. The molecule has 2 rings (SSSR count). The molecule has 0 aromatic carbocycles. The lowest BCUT2D eigenvalue weighted by molar-refractivity contribution is 0.770.